The molecule has 13 heteroatoms. The molecular formula is C43H51N7O5S. The van der Waals surface area contributed by atoms with Crippen molar-refractivity contribution < 1.29 is 24.0 Å². The minimum absolute atomic E-state index is 0.124. The van der Waals surface area contributed by atoms with Gasteiger partial charge in [0.15, 0.2) is 16.7 Å². The molecule has 56 heavy (non-hydrogen) atoms. The first kappa shape index (κ1) is 38.1. The standard InChI is InChI=1S/C43H51N7O5S/c1-43(2)28-49(27-32-5-3-4-6-37(32)43)26-30-12-17-50(18-13-30)33-7-9-36(40(22-33)55-34-21-31-11-16-44-41(31)46-25-34)42(51)48-56(53)35-8-10-38(39(23-35)47-52)45-24-29-14-19-54-20-15-29/h3-11,16,21-23,25,29-30,45H,12-15,17-20,24,26-28,47H2,1-2H3,(H,44,46)(H,48,51). The number of aromatic nitrogens is 2. The third-order valence-electron chi connectivity index (χ3n) is 11.5. The number of ether oxygens (including phenoxy) is 2. The zero-order valence-corrected chi connectivity index (χ0v) is 32.9. The van der Waals surface area contributed by atoms with Gasteiger partial charge in [0.05, 0.1) is 22.3 Å². The number of H-pyrrole nitrogens is 1. The van der Waals surface area contributed by atoms with Gasteiger partial charge in [-0.05, 0) is 85.0 Å². The van der Waals surface area contributed by atoms with Gasteiger partial charge in [0.1, 0.15) is 17.1 Å². The Morgan fingerprint density at radius 1 is 1.04 bits per heavy atom. The summed E-state index contributed by atoms with van der Waals surface area (Å²) >= 11 is 0. The molecule has 5 N–H and O–H groups in total. The maximum Gasteiger partial charge on any atom is 0.266 e. The number of piperidine rings is 1. The van der Waals surface area contributed by atoms with Gasteiger partial charge < -0.3 is 35.4 Å². The molecule has 3 aliphatic rings. The lowest BCUT2D eigenvalue weighted by molar-refractivity contribution is -0.496. The number of fused-ring (bicyclic) bond motifs is 2. The fourth-order valence-corrected chi connectivity index (χ4v) is 9.35. The van der Waals surface area contributed by atoms with Gasteiger partial charge in [0, 0.05) is 87.3 Å². The number of quaternary nitrogens is 1. The molecule has 3 aliphatic heterocycles. The van der Waals surface area contributed by atoms with Gasteiger partial charge in [0.2, 0.25) is 0 Å². The number of amides is 1. The molecular weight excluding hydrogens is 727 g/mol. The van der Waals surface area contributed by atoms with Crippen molar-refractivity contribution in [3.63, 3.8) is 0 Å². The normalized spacial score (nSPS) is 18.4. The largest absolute Gasteiger partial charge is 0.630 e. The molecule has 294 valence electrons. The van der Waals surface area contributed by atoms with E-state index >= 15 is 0 Å². The average molecular weight is 778 g/mol. The predicted molar refractivity (Wildman–Crippen MR) is 220 cm³/mol. The van der Waals surface area contributed by atoms with E-state index in [1.807, 2.05) is 30.5 Å². The van der Waals surface area contributed by atoms with E-state index in [0.717, 1.165) is 100 Å². The van der Waals surface area contributed by atoms with Crippen LogP contribution in [0.1, 0.15) is 61.0 Å². The van der Waals surface area contributed by atoms with Crippen LogP contribution in [0.4, 0.5) is 17.1 Å². The molecule has 0 bridgehead atoms. The number of nitrogens with zero attached hydrogens (tertiary/aromatic N) is 3. The van der Waals surface area contributed by atoms with Gasteiger partial charge in [-0.1, -0.05) is 38.1 Å². The number of hydrogen-bond acceptors (Lipinski definition) is 9. The predicted octanol–water partition coefficient (Wildman–Crippen LogP) is 6.35. The molecule has 12 nitrogen and oxygen atoms in total. The van der Waals surface area contributed by atoms with Crippen molar-refractivity contribution in [2.75, 3.05) is 56.2 Å². The van der Waals surface area contributed by atoms with E-state index < -0.39 is 16.9 Å². The van der Waals surface area contributed by atoms with Crippen LogP contribution >= 0.6 is 0 Å². The van der Waals surface area contributed by atoms with Crippen molar-refractivity contribution in [2.24, 2.45) is 11.8 Å². The average Bonchev–Trinajstić information content (AvgIpc) is 3.68. The fraction of sp³-hybridized carbons (Fsp3) is 0.395. The molecule has 3 aromatic carbocycles. The first-order valence-electron chi connectivity index (χ1n) is 19.7. The molecule has 0 aliphatic carbocycles. The second-order valence-electron chi connectivity index (χ2n) is 16.0. The summed E-state index contributed by atoms with van der Waals surface area (Å²) in [7, 11) is -1.93. The summed E-state index contributed by atoms with van der Waals surface area (Å²) in [6, 6.07) is 23.2. The van der Waals surface area contributed by atoms with Gasteiger partial charge in [-0.2, -0.15) is 0 Å². The van der Waals surface area contributed by atoms with Gasteiger partial charge in [0.25, 0.3) is 5.91 Å². The molecule has 8 rings (SSSR count). The minimum Gasteiger partial charge on any atom is -0.630 e. The Hall–Kier alpha value is -4.79. The second kappa shape index (κ2) is 16.7. The van der Waals surface area contributed by atoms with Crippen LogP contribution < -0.4 is 25.2 Å². The van der Waals surface area contributed by atoms with Crippen molar-refractivity contribution in [2.45, 2.75) is 56.4 Å². The number of pyridine rings is 1. The third-order valence-corrected chi connectivity index (χ3v) is 12.6. The number of rotatable bonds is 12. The molecule has 5 aromatic rings. The lowest BCUT2D eigenvalue weighted by atomic mass is 9.78. The molecule has 1 unspecified atom stereocenters. The maximum atomic E-state index is 13.8. The van der Waals surface area contributed by atoms with Crippen molar-refractivity contribution in [3.05, 3.63) is 107 Å². The minimum atomic E-state index is -1.93. The number of aromatic amines is 1. The van der Waals surface area contributed by atoms with Crippen molar-refractivity contribution >= 4 is 45.0 Å². The van der Waals surface area contributed by atoms with Crippen LogP contribution in [0.3, 0.4) is 0 Å². The van der Waals surface area contributed by atoms with E-state index in [2.05, 4.69) is 67.9 Å². The fourth-order valence-electron chi connectivity index (χ4n) is 8.53. The smallest absolute Gasteiger partial charge is 0.266 e. The molecule has 5 heterocycles. The van der Waals surface area contributed by atoms with Crippen LogP contribution in [-0.4, -0.2) is 70.9 Å². The Morgan fingerprint density at radius 2 is 1.86 bits per heavy atom. The molecule has 1 amide bonds. The molecule has 0 radical (unpaired) electrons. The SMILES string of the molecule is CC1(C)CN(CC2CCN(c3ccc(C(=O)NS(=O)c4ccc(NCC5CCOCC5)c([NH2+][O-])c4)c(Oc4cnc5[nH]ccc5c4)c3)CC2)Cc2ccccc21. The Balaban J connectivity index is 0.957. The topological polar surface area (TPSA) is 151 Å². The van der Waals surface area contributed by atoms with Gasteiger partial charge >= 0.3 is 0 Å². The second-order valence-corrected chi connectivity index (χ2v) is 17.2. The summed E-state index contributed by atoms with van der Waals surface area (Å²) in [5.74, 6) is 1.32. The summed E-state index contributed by atoms with van der Waals surface area (Å²) in [6.45, 7) is 11.8. The van der Waals surface area contributed by atoms with E-state index in [1.54, 1.807) is 30.5 Å². The Labute approximate surface area is 330 Å². The lowest BCUT2D eigenvalue weighted by Gasteiger charge is -2.42. The first-order valence-corrected chi connectivity index (χ1v) is 20.8. The molecule has 1 atom stereocenters. The van der Waals surface area contributed by atoms with E-state index in [9.17, 15) is 14.2 Å². The number of anilines is 2. The van der Waals surface area contributed by atoms with Crippen LogP contribution in [0.2, 0.25) is 0 Å². The Morgan fingerprint density at radius 3 is 2.68 bits per heavy atom. The van der Waals surface area contributed by atoms with Gasteiger partial charge in [-0.3, -0.25) is 14.4 Å². The van der Waals surface area contributed by atoms with Crippen molar-refractivity contribution in [1.82, 2.24) is 19.6 Å². The summed E-state index contributed by atoms with van der Waals surface area (Å²) < 4.78 is 28.0. The third kappa shape index (κ3) is 8.62. The summed E-state index contributed by atoms with van der Waals surface area (Å²) in [5.41, 5.74) is 6.75. The number of hydrogen-bond donors (Lipinski definition) is 4. The number of carbonyl (C=O) groups excluding carboxylic acids is 1. The van der Waals surface area contributed by atoms with Crippen LogP contribution in [0.25, 0.3) is 11.0 Å². The summed E-state index contributed by atoms with van der Waals surface area (Å²) in [6.07, 6.45) is 7.50. The van der Waals surface area contributed by atoms with Crippen LogP contribution in [0.15, 0.2) is 90.1 Å². The highest BCUT2D eigenvalue weighted by molar-refractivity contribution is 7.83. The Bertz CT molecular complexity index is 2190. The number of carbonyl (C=O) groups is 1. The first-order chi connectivity index (χ1) is 27.2. The molecule has 2 aromatic heterocycles. The number of nitrogens with one attached hydrogen (secondary N) is 3. The molecule has 2 fully saturated rings. The van der Waals surface area contributed by atoms with Crippen molar-refractivity contribution in [3.8, 4) is 11.5 Å². The molecule has 0 spiro atoms. The number of benzene rings is 3. The van der Waals surface area contributed by atoms with Crippen LogP contribution in [0.5, 0.6) is 11.5 Å². The molecule has 2 saturated heterocycles. The highest BCUT2D eigenvalue weighted by atomic mass is 32.2. The van der Waals surface area contributed by atoms with Crippen molar-refractivity contribution in [1.29, 1.82) is 0 Å². The van der Waals surface area contributed by atoms with E-state index in [-0.39, 0.29) is 11.0 Å². The van der Waals surface area contributed by atoms with E-state index in [0.29, 0.717) is 39.6 Å². The van der Waals surface area contributed by atoms with E-state index in [1.165, 1.54) is 11.1 Å². The van der Waals surface area contributed by atoms with Crippen LogP contribution in [-0.2, 0) is 27.7 Å². The van der Waals surface area contributed by atoms with Gasteiger partial charge in [-0.15, -0.1) is 0 Å². The highest BCUT2D eigenvalue weighted by Gasteiger charge is 2.33. The number of nitrogens with two attached hydrogens (primary N) is 1. The Kier molecular flexibility index (Phi) is 11.4. The zero-order valence-electron chi connectivity index (χ0n) is 32.1. The van der Waals surface area contributed by atoms with E-state index in [4.69, 9.17) is 9.47 Å². The quantitative estimate of drug-likeness (QED) is 0.0840. The summed E-state index contributed by atoms with van der Waals surface area (Å²) in [4.78, 5) is 26.7. The van der Waals surface area contributed by atoms with Crippen LogP contribution in [0, 0.1) is 17.0 Å². The lowest BCUT2D eigenvalue weighted by Crippen LogP contribution is -2.70. The highest BCUT2D eigenvalue weighted by Crippen LogP contribution is 2.36. The summed E-state index contributed by atoms with van der Waals surface area (Å²) in [5, 5.41) is 16.3. The monoisotopic (exact) mass is 777 g/mol. The maximum absolute atomic E-state index is 13.8. The zero-order chi connectivity index (χ0) is 38.6. The molecule has 0 saturated carbocycles. The van der Waals surface area contributed by atoms with Gasteiger partial charge in [-0.25, -0.2) is 9.19 Å².